The molecule has 0 amide bonds. The molecule has 1 aromatic carbocycles. The van der Waals surface area contributed by atoms with Crippen molar-refractivity contribution in [1.82, 2.24) is 4.72 Å². The molecule has 19 heavy (non-hydrogen) atoms. The standard InChI is InChI=1S/C14H24N2O2S/c1-9(2)11(4)8-16-19(17,18)14-7-10(3)6-13(15)12(14)5/h6-7,9,11,16H,8,15H2,1-5H3. The lowest BCUT2D eigenvalue weighted by Gasteiger charge is -2.17. The highest BCUT2D eigenvalue weighted by Gasteiger charge is 2.20. The maximum absolute atomic E-state index is 12.3. The summed E-state index contributed by atoms with van der Waals surface area (Å²) < 4.78 is 27.3. The van der Waals surface area contributed by atoms with Gasteiger partial charge in [0.05, 0.1) is 4.90 Å². The molecule has 3 N–H and O–H groups in total. The third-order valence-corrected chi connectivity index (χ3v) is 5.12. The van der Waals surface area contributed by atoms with Crippen molar-refractivity contribution >= 4 is 15.7 Å². The van der Waals surface area contributed by atoms with Gasteiger partial charge in [0.25, 0.3) is 0 Å². The zero-order chi connectivity index (χ0) is 14.8. The summed E-state index contributed by atoms with van der Waals surface area (Å²) in [6.45, 7) is 10.2. The van der Waals surface area contributed by atoms with Crippen LogP contribution in [0.1, 0.15) is 31.9 Å². The van der Waals surface area contributed by atoms with Gasteiger partial charge in [-0.3, -0.25) is 0 Å². The molecule has 0 fully saturated rings. The van der Waals surface area contributed by atoms with Crippen LogP contribution in [0.15, 0.2) is 17.0 Å². The van der Waals surface area contributed by atoms with Gasteiger partial charge >= 0.3 is 0 Å². The first-order chi connectivity index (χ1) is 8.65. The van der Waals surface area contributed by atoms with Crippen molar-refractivity contribution in [3.63, 3.8) is 0 Å². The van der Waals surface area contributed by atoms with Gasteiger partial charge in [-0.2, -0.15) is 0 Å². The number of hydrogen-bond acceptors (Lipinski definition) is 3. The largest absolute Gasteiger partial charge is 0.398 e. The van der Waals surface area contributed by atoms with Crippen LogP contribution in [-0.4, -0.2) is 15.0 Å². The number of hydrogen-bond donors (Lipinski definition) is 2. The van der Waals surface area contributed by atoms with Crippen LogP contribution in [0.4, 0.5) is 5.69 Å². The van der Waals surface area contributed by atoms with Crippen molar-refractivity contribution in [2.75, 3.05) is 12.3 Å². The third kappa shape index (κ3) is 3.94. The first-order valence-corrected chi connectivity index (χ1v) is 8.00. The lowest BCUT2D eigenvalue weighted by molar-refractivity contribution is 0.414. The van der Waals surface area contributed by atoms with Gasteiger partial charge in [-0.05, 0) is 48.9 Å². The lowest BCUT2D eigenvalue weighted by Crippen LogP contribution is -2.30. The van der Waals surface area contributed by atoms with E-state index in [-0.39, 0.29) is 10.8 Å². The maximum Gasteiger partial charge on any atom is 0.240 e. The Morgan fingerprint density at radius 1 is 1.21 bits per heavy atom. The van der Waals surface area contributed by atoms with Crippen LogP contribution in [0.3, 0.4) is 0 Å². The molecule has 0 heterocycles. The summed E-state index contributed by atoms with van der Waals surface area (Å²) in [5.74, 6) is 0.726. The Morgan fingerprint density at radius 3 is 2.32 bits per heavy atom. The molecule has 0 aliphatic carbocycles. The first-order valence-electron chi connectivity index (χ1n) is 6.51. The topological polar surface area (TPSA) is 72.2 Å². The summed E-state index contributed by atoms with van der Waals surface area (Å²) in [6, 6.07) is 3.44. The van der Waals surface area contributed by atoms with E-state index < -0.39 is 10.0 Å². The number of aryl methyl sites for hydroxylation is 1. The number of nitrogens with two attached hydrogens (primary N) is 1. The van der Waals surface area contributed by atoms with Crippen molar-refractivity contribution in [2.24, 2.45) is 11.8 Å². The van der Waals surface area contributed by atoms with Crippen molar-refractivity contribution < 1.29 is 8.42 Å². The second-order valence-corrected chi connectivity index (χ2v) is 7.29. The van der Waals surface area contributed by atoms with Gasteiger partial charge in [0.15, 0.2) is 0 Å². The minimum atomic E-state index is -3.49. The molecule has 1 aromatic rings. The van der Waals surface area contributed by atoms with Crippen molar-refractivity contribution in [3.05, 3.63) is 23.3 Å². The Labute approximate surface area is 116 Å². The van der Waals surface area contributed by atoms with E-state index in [2.05, 4.69) is 18.6 Å². The second kappa shape index (κ2) is 5.92. The molecule has 1 atom stereocenters. The third-order valence-electron chi connectivity index (χ3n) is 3.57. The van der Waals surface area contributed by atoms with E-state index in [1.807, 2.05) is 13.8 Å². The number of rotatable bonds is 5. The molecule has 0 radical (unpaired) electrons. The Morgan fingerprint density at radius 2 is 1.79 bits per heavy atom. The summed E-state index contributed by atoms with van der Waals surface area (Å²) in [5, 5.41) is 0. The zero-order valence-corrected chi connectivity index (χ0v) is 13.1. The summed E-state index contributed by atoms with van der Waals surface area (Å²) in [6.07, 6.45) is 0. The van der Waals surface area contributed by atoms with Gasteiger partial charge < -0.3 is 5.73 Å². The Hall–Kier alpha value is -1.07. The van der Waals surface area contributed by atoms with Crippen LogP contribution < -0.4 is 10.5 Å². The minimum absolute atomic E-state index is 0.279. The maximum atomic E-state index is 12.3. The molecule has 1 rings (SSSR count). The van der Waals surface area contributed by atoms with E-state index in [1.165, 1.54) is 0 Å². The molecule has 0 spiro atoms. The highest BCUT2D eigenvalue weighted by Crippen LogP contribution is 2.23. The highest BCUT2D eigenvalue weighted by atomic mass is 32.2. The molecule has 0 aliphatic heterocycles. The fourth-order valence-corrected chi connectivity index (χ4v) is 3.19. The molecule has 0 saturated heterocycles. The molecule has 4 nitrogen and oxygen atoms in total. The summed E-state index contributed by atoms with van der Waals surface area (Å²) in [4.78, 5) is 0.279. The van der Waals surface area contributed by atoms with Crippen LogP contribution in [0.2, 0.25) is 0 Å². The van der Waals surface area contributed by atoms with E-state index in [0.717, 1.165) is 5.56 Å². The Kier molecular flexibility index (Phi) is 4.98. The normalized spacial score (nSPS) is 13.8. The predicted molar refractivity (Wildman–Crippen MR) is 79.5 cm³/mol. The van der Waals surface area contributed by atoms with Crippen LogP contribution in [0.5, 0.6) is 0 Å². The average molecular weight is 284 g/mol. The molecule has 0 saturated carbocycles. The van der Waals surface area contributed by atoms with Gasteiger partial charge in [-0.25, -0.2) is 13.1 Å². The van der Waals surface area contributed by atoms with Gasteiger partial charge in [0, 0.05) is 12.2 Å². The summed E-state index contributed by atoms with van der Waals surface area (Å²) in [5.41, 5.74) is 7.80. The van der Waals surface area contributed by atoms with Crippen LogP contribution >= 0.6 is 0 Å². The molecule has 0 bridgehead atoms. The van der Waals surface area contributed by atoms with Crippen LogP contribution in [0, 0.1) is 25.7 Å². The van der Waals surface area contributed by atoms with Crippen LogP contribution in [0.25, 0.3) is 0 Å². The number of sulfonamides is 1. The molecule has 0 aliphatic rings. The van der Waals surface area contributed by atoms with Crippen LogP contribution in [-0.2, 0) is 10.0 Å². The van der Waals surface area contributed by atoms with E-state index in [0.29, 0.717) is 23.7 Å². The van der Waals surface area contributed by atoms with Gasteiger partial charge in [-0.1, -0.05) is 20.8 Å². The quantitative estimate of drug-likeness (QED) is 0.816. The number of anilines is 1. The predicted octanol–water partition coefficient (Wildman–Crippen LogP) is 2.46. The van der Waals surface area contributed by atoms with Crippen molar-refractivity contribution in [1.29, 1.82) is 0 Å². The van der Waals surface area contributed by atoms with E-state index in [1.54, 1.807) is 19.1 Å². The molecule has 5 heteroatoms. The van der Waals surface area contributed by atoms with Gasteiger partial charge in [0.1, 0.15) is 0 Å². The molecular weight excluding hydrogens is 260 g/mol. The average Bonchev–Trinajstić information content (AvgIpc) is 2.30. The van der Waals surface area contributed by atoms with E-state index in [4.69, 9.17) is 5.73 Å². The lowest BCUT2D eigenvalue weighted by atomic mass is 9.99. The number of nitrogens with one attached hydrogen (secondary N) is 1. The summed E-state index contributed by atoms with van der Waals surface area (Å²) >= 11 is 0. The Bertz CT molecular complexity index is 551. The number of benzene rings is 1. The Balaban J connectivity index is 3.01. The minimum Gasteiger partial charge on any atom is -0.398 e. The molecule has 1 unspecified atom stereocenters. The monoisotopic (exact) mass is 284 g/mol. The zero-order valence-electron chi connectivity index (χ0n) is 12.3. The van der Waals surface area contributed by atoms with E-state index in [9.17, 15) is 8.42 Å². The molecule has 0 aromatic heterocycles. The fourth-order valence-electron chi connectivity index (χ4n) is 1.69. The first kappa shape index (κ1) is 16.0. The van der Waals surface area contributed by atoms with Gasteiger partial charge in [-0.15, -0.1) is 0 Å². The molecular formula is C14H24N2O2S. The number of nitrogen functional groups attached to an aromatic ring is 1. The SMILES string of the molecule is Cc1cc(N)c(C)c(S(=O)(=O)NCC(C)C(C)C)c1. The van der Waals surface area contributed by atoms with E-state index >= 15 is 0 Å². The van der Waals surface area contributed by atoms with Crippen molar-refractivity contribution in [2.45, 2.75) is 39.5 Å². The highest BCUT2D eigenvalue weighted by molar-refractivity contribution is 7.89. The van der Waals surface area contributed by atoms with Crippen molar-refractivity contribution in [3.8, 4) is 0 Å². The second-order valence-electron chi connectivity index (χ2n) is 5.55. The summed E-state index contributed by atoms with van der Waals surface area (Å²) in [7, 11) is -3.49. The molecule has 108 valence electrons. The smallest absolute Gasteiger partial charge is 0.240 e. The fraction of sp³-hybridized carbons (Fsp3) is 0.571. The van der Waals surface area contributed by atoms with Gasteiger partial charge in [0.2, 0.25) is 10.0 Å².